The van der Waals surface area contributed by atoms with Crippen molar-refractivity contribution in [3.8, 4) is 0 Å². The van der Waals surface area contributed by atoms with Crippen molar-refractivity contribution in [2.45, 2.75) is 26.3 Å². The average Bonchev–Trinajstić information content (AvgIpc) is 3.48. The number of hydrogen-bond acceptors (Lipinski definition) is 2. The summed E-state index contributed by atoms with van der Waals surface area (Å²) in [6, 6.07) is 19.4. The third-order valence-corrected chi connectivity index (χ3v) is 4.90. The Hall–Kier alpha value is -2.62. The van der Waals surface area contributed by atoms with Crippen LogP contribution in [0.15, 0.2) is 60.7 Å². The maximum atomic E-state index is 13.1. The molecule has 0 unspecified atom stereocenters. The van der Waals surface area contributed by atoms with E-state index < -0.39 is 5.41 Å². The first-order valence-corrected chi connectivity index (χ1v) is 8.75. The number of carbonyl (C=O) groups is 2. The molecule has 2 aromatic carbocycles. The Labute approximate surface area is 149 Å². The maximum absolute atomic E-state index is 13.1. The minimum absolute atomic E-state index is 0.0494. The third kappa shape index (κ3) is 3.43. The lowest BCUT2D eigenvalue weighted by molar-refractivity contribution is -0.143. The lowest BCUT2D eigenvalue weighted by Crippen LogP contribution is -2.45. The predicted octanol–water partition coefficient (Wildman–Crippen LogP) is 3.48. The van der Waals surface area contributed by atoms with Gasteiger partial charge in [-0.15, -0.1) is 0 Å². The molecule has 1 saturated carbocycles. The van der Waals surface area contributed by atoms with E-state index in [1.165, 1.54) is 0 Å². The maximum Gasteiger partial charge on any atom is 0.242 e. The lowest BCUT2D eigenvalue weighted by atomic mass is 10.0. The molecule has 0 heterocycles. The van der Waals surface area contributed by atoms with Crippen LogP contribution in [0.4, 0.5) is 5.69 Å². The Kier molecular flexibility index (Phi) is 4.88. The third-order valence-electron chi connectivity index (χ3n) is 4.90. The summed E-state index contributed by atoms with van der Waals surface area (Å²) >= 11 is 0. The summed E-state index contributed by atoms with van der Waals surface area (Å²) in [5.74, 6) is -0.151. The van der Waals surface area contributed by atoms with Crippen LogP contribution in [0, 0.1) is 5.41 Å². The Morgan fingerprint density at radius 1 is 0.920 bits per heavy atom. The molecule has 0 aromatic heterocycles. The van der Waals surface area contributed by atoms with Gasteiger partial charge in [-0.05, 0) is 37.5 Å². The summed E-state index contributed by atoms with van der Waals surface area (Å²) in [5.41, 5.74) is 1.02. The molecule has 4 nitrogen and oxygen atoms in total. The largest absolute Gasteiger partial charge is 0.338 e. The summed E-state index contributed by atoms with van der Waals surface area (Å²) in [6.45, 7) is 3.10. The quantitative estimate of drug-likeness (QED) is 0.758. The Bertz CT molecular complexity index is 739. The lowest BCUT2D eigenvalue weighted by Gasteiger charge is -2.28. The second-order valence-electron chi connectivity index (χ2n) is 6.59. The fourth-order valence-electron chi connectivity index (χ4n) is 3.17. The van der Waals surface area contributed by atoms with E-state index in [9.17, 15) is 9.59 Å². The van der Waals surface area contributed by atoms with E-state index in [1.807, 2.05) is 67.6 Å². The van der Waals surface area contributed by atoms with E-state index in [1.54, 1.807) is 16.8 Å². The molecular formula is C21H24N2O2. The molecule has 0 N–H and O–H groups in total. The van der Waals surface area contributed by atoms with Crippen LogP contribution in [-0.4, -0.2) is 30.3 Å². The molecule has 130 valence electrons. The van der Waals surface area contributed by atoms with Gasteiger partial charge >= 0.3 is 0 Å². The van der Waals surface area contributed by atoms with Crippen LogP contribution in [-0.2, 0) is 16.1 Å². The number of nitrogens with zero attached hydrogens (tertiary/aromatic N) is 2. The molecule has 3 rings (SSSR count). The molecule has 0 spiro atoms. The molecule has 25 heavy (non-hydrogen) atoms. The van der Waals surface area contributed by atoms with Crippen LogP contribution in [0.2, 0.25) is 0 Å². The van der Waals surface area contributed by atoms with Crippen LogP contribution < -0.4 is 4.90 Å². The highest BCUT2D eigenvalue weighted by Crippen LogP contribution is 2.49. The van der Waals surface area contributed by atoms with Crippen LogP contribution in [0.1, 0.15) is 25.3 Å². The summed E-state index contributed by atoms with van der Waals surface area (Å²) in [4.78, 5) is 29.5. The number of rotatable bonds is 6. The topological polar surface area (TPSA) is 40.6 Å². The van der Waals surface area contributed by atoms with Crippen molar-refractivity contribution < 1.29 is 9.59 Å². The highest BCUT2D eigenvalue weighted by atomic mass is 16.2. The number of amides is 2. The zero-order chi connectivity index (χ0) is 17.9. The van der Waals surface area contributed by atoms with Crippen LogP contribution in [0.3, 0.4) is 0 Å². The summed E-state index contributed by atoms with van der Waals surface area (Å²) in [6.07, 6.45) is 1.26. The second kappa shape index (κ2) is 7.09. The van der Waals surface area contributed by atoms with Gasteiger partial charge in [0.1, 0.15) is 5.41 Å². The molecule has 0 aliphatic heterocycles. The van der Waals surface area contributed by atoms with Gasteiger partial charge in [-0.3, -0.25) is 9.59 Å². The molecule has 0 bridgehead atoms. The smallest absolute Gasteiger partial charge is 0.242 e. The zero-order valence-corrected chi connectivity index (χ0v) is 14.8. The summed E-state index contributed by atoms with van der Waals surface area (Å²) in [5, 5.41) is 0. The van der Waals surface area contributed by atoms with Crippen molar-refractivity contribution in [2.75, 3.05) is 18.5 Å². The monoisotopic (exact) mass is 336 g/mol. The van der Waals surface area contributed by atoms with Crippen molar-refractivity contribution in [3.05, 3.63) is 66.2 Å². The van der Waals surface area contributed by atoms with E-state index in [0.717, 1.165) is 11.3 Å². The van der Waals surface area contributed by atoms with E-state index in [2.05, 4.69) is 0 Å². The SMILES string of the molecule is CCN(Cc1ccccc1)C(=O)C1(C(=O)N(C)c2ccccc2)CC1. The number of carbonyl (C=O) groups excluding carboxylic acids is 2. The molecule has 4 heteroatoms. The fraction of sp³-hybridized carbons (Fsp3) is 0.333. The van der Waals surface area contributed by atoms with E-state index in [-0.39, 0.29) is 11.8 Å². The van der Waals surface area contributed by atoms with Gasteiger partial charge in [0.05, 0.1) is 0 Å². The molecule has 1 aliphatic carbocycles. The van der Waals surface area contributed by atoms with Gasteiger partial charge in [0.25, 0.3) is 0 Å². The number of anilines is 1. The molecular weight excluding hydrogens is 312 g/mol. The molecule has 2 aromatic rings. The van der Waals surface area contributed by atoms with Crippen molar-refractivity contribution in [1.82, 2.24) is 4.90 Å². The minimum Gasteiger partial charge on any atom is -0.338 e. The van der Waals surface area contributed by atoms with Gasteiger partial charge in [0.2, 0.25) is 11.8 Å². The highest BCUT2D eigenvalue weighted by molar-refractivity contribution is 6.13. The molecule has 0 radical (unpaired) electrons. The summed E-state index contributed by atoms with van der Waals surface area (Å²) < 4.78 is 0. The van der Waals surface area contributed by atoms with Gasteiger partial charge in [-0.25, -0.2) is 0 Å². The number of benzene rings is 2. The standard InChI is InChI=1S/C21H24N2O2/c1-3-23(16-17-10-6-4-7-11-17)20(25)21(14-15-21)19(24)22(2)18-12-8-5-9-13-18/h4-13H,3,14-16H2,1-2H3. The van der Waals surface area contributed by atoms with Crippen LogP contribution >= 0.6 is 0 Å². The first-order valence-electron chi connectivity index (χ1n) is 8.75. The average molecular weight is 336 g/mol. The van der Waals surface area contributed by atoms with E-state index >= 15 is 0 Å². The first kappa shape index (κ1) is 17.2. The van der Waals surface area contributed by atoms with Gasteiger partial charge in [0.15, 0.2) is 0 Å². The van der Waals surface area contributed by atoms with Crippen molar-refractivity contribution in [1.29, 1.82) is 0 Å². The second-order valence-corrected chi connectivity index (χ2v) is 6.59. The van der Waals surface area contributed by atoms with Crippen molar-refractivity contribution in [3.63, 3.8) is 0 Å². The highest BCUT2D eigenvalue weighted by Gasteiger charge is 2.59. The zero-order valence-electron chi connectivity index (χ0n) is 14.8. The summed E-state index contributed by atoms with van der Waals surface area (Å²) in [7, 11) is 1.75. The Morgan fingerprint density at radius 2 is 1.48 bits per heavy atom. The molecule has 1 aliphatic rings. The van der Waals surface area contributed by atoms with E-state index in [0.29, 0.717) is 25.9 Å². The molecule has 2 amide bonds. The Balaban J connectivity index is 1.76. The van der Waals surface area contributed by atoms with Gasteiger partial charge < -0.3 is 9.80 Å². The Morgan fingerprint density at radius 3 is 2.00 bits per heavy atom. The van der Waals surface area contributed by atoms with Gasteiger partial charge in [-0.1, -0.05) is 48.5 Å². The van der Waals surface area contributed by atoms with Crippen molar-refractivity contribution in [2.24, 2.45) is 5.41 Å². The first-order chi connectivity index (χ1) is 12.1. The van der Waals surface area contributed by atoms with Crippen LogP contribution in [0.5, 0.6) is 0 Å². The molecule has 1 fully saturated rings. The van der Waals surface area contributed by atoms with Gasteiger partial charge in [-0.2, -0.15) is 0 Å². The number of hydrogen-bond donors (Lipinski definition) is 0. The minimum atomic E-state index is -0.880. The normalized spacial score (nSPS) is 14.6. The van der Waals surface area contributed by atoms with Crippen LogP contribution in [0.25, 0.3) is 0 Å². The van der Waals surface area contributed by atoms with E-state index in [4.69, 9.17) is 0 Å². The molecule has 0 atom stereocenters. The number of para-hydroxylation sites is 1. The van der Waals surface area contributed by atoms with Crippen molar-refractivity contribution >= 4 is 17.5 Å². The fourth-order valence-corrected chi connectivity index (χ4v) is 3.17. The predicted molar refractivity (Wildman–Crippen MR) is 99.1 cm³/mol. The van der Waals surface area contributed by atoms with Gasteiger partial charge in [0, 0.05) is 25.8 Å². The molecule has 0 saturated heterocycles.